The summed E-state index contributed by atoms with van der Waals surface area (Å²) < 4.78 is 2.01. The van der Waals surface area contributed by atoms with Gasteiger partial charge in [0.1, 0.15) is 0 Å². The number of carboxylic acid groups (broad SMARTS) is 1. The van der Waals surface area contributed by atoms with Gasteiger partial charge in [0.15, 0.2) is 0 Å². The lowest BCUT2D eigenvalue weighted by Gasteiger charge is -2.33. The topological polar surface area (TPSA) is 104 Å². The lowest BCUT2D eigenvalue weighted by atomic mass is 9.77. The fraction of sp³-hybridized carbons (Fsp3) is 0.441. The number of benzene rings is 1. The van der Waals surface area contributed by atoms with E-state index in [4.69, 9.17) is 16.6 Å². The zero-order valence-corrected chi connectivity index (χ0v) is 28.8. The summed E-state index contributed by atoms with van der Waals surface area (Å²) in [6, 6.07) is 7.67. The molecule has 2 fully saturated rings. The molecule has 2 aliphatic heterocycles. The van der Waals surface area contributed by atoms with E-state index in [9.17, 15) is 19.5 Å². The third-order valence-electron chi connectivity index (χ3n) is 9.61. The molecule has 8 nitrogen and oxygen atoms in total. The van der Waals surface area contributed by atoms with Gasteiger partial charge in [-0.2, -0.15) is 0 Å². The number of rotatable bonds is 5. The van der Waals surface area contributed by atoms with Crippen LogP contribution in [0.2, 0.25) is 5.02 Å². The molecule has 3 aliphatic rings. The number of hydrogen-bond donors (Lipinski definition) is 1. The molecule has 3 aromatic rings. The Balaban J connectivity index is 1.10. The second kappa shape index (κ2) is 13.9. The molecule has 4 heterocycles. The van der Waals surface area contributed by atoms with E-state index in [1.807, 2.05) is 17.2 Å². The molecule has 6 rings (SSSR count). The number of aryl methyl sites for hydroxylation is 2. The Labute approximate surface area is 284 Å². The molecule has 11 heteroatoms. The monoisotopic (exact) mass is 756 g/mol. The van der Waals surface area contributed by atoms with E-state index in [1.165, 1.54) is 35.2 Å². The molecular formula is C34H35Br2ClN4O4. The van der Waals surface area contributed by atoms with Crippen LogP contribution >= 0.6 is 43.5 Å². The maximum atomic E-state index is 13.6. The van der Waals surface area contributed by atoms with Gasteiger partial charge in [0.2, 0.25) is 5.91 Å². The summed E-state index contributed by atoms with van der Waals surface area (Å²) in [6.07, 6.45) is 11.2. The van der Waals surface area contributed by atoms with Crippen molar-refractivity contribution < 1.29 is 19.5 Å². The highest BCUT2D eigenvalue weighted by molar-refractivity contribution is 9.10. The van der Waals surface area contributed by atoms with Crippen molar-refractivity contribution in [2.75, 3.05) is 26.2 Å². The van der Waals surface area contributed by atoms with Gasteiger partial charge in [0.25, 0.3) is 5.91 Å². The van der Waals surface area contributed by atoms with Crippen LogP contribution in [0.4, 0.5) is 0 Å². The van der Waals surface area contributed by atoms with Crippen LogP contribution in [0, 0.1) is 11.8 Å². The van der Waals surface area contributed by atoms with Gasteiger partial charge in [0.05, 0.1) is 16.8 Å². The van der Waals surface area contributed by atoms with E-state index >= 15 is 0 Å². The molecule has 2 amide bonds. The van der Waals surface area contributed by atoms with Crippen LogP contribution in [0.15, 0.2) is 51.8 Å². The summed E-state index contributed by atoms with van der Waals surface area (Å²) in [7, 11) is 0. The first-order valence-electron chi connectivity index (χ1n) is 15.6. The molecule has 2 saturated heterocycles. The average molecular weight is 759 g/mol. The molecule has 1 aliphatic carbocycles. The van der Waals surface area contributed by atoms with Crippen molar-refractivity contribution >= 4 is 61.2 Å². The van der Waals surface area contributed by atoms with Crippen molar-refractivity contribution in [1.29, 1.82) is 0 Å². The van der Waals surface area contributed by atoms with Gasteiger partial charge in [-0.05, 0) is 114 Å². The lowest BCUT2D eigenvalue weighted by Crippen LogP contribution is -2.40. The van der Waals surface area contributed by atoms with E-state index in [0.29, 0.717) is 25.4 Å². The van der Waals surface area contributed by atoms with Crippen LogP contribution in [0.1, 0.15) is 87.5 Å². The molecule has 0 bridgehead atoms. The second-order valence-corrected chi connectivity index (χ2v) is 14.6. The number of carbonyl (C=O) groups excluding carboxylic acids is 2. The van der Waals surface area contributed by atoms with Crippen molar-refractivity contribution in [1.82, 2.24) is 19.8 Å². The first-order valence-corrected chi connectivity index (χ1v) is 17.5. The zero-order valence-electron chi connectivity index (χ0n) is 24.9. The Hall–Kier alpha value is -2.82. The fourth-order valence-electron chi connectivity index (χ4n) is 7.31. The average Bonchev–Trinajstić information content (AvgIpc) is 3.36. The van der Waals surface area contributed by atoms with Crippen molar-refractivity contribution in [3.05, 3.63) is 90.3 Å². The summed E-state index contributed by atoms with van der Waals surface area (Å²) in [5.41, 5.74) is 5.22. The summed E-state index contributed by atoms with van der Waals surface area (Å²) in [6.45, 7) is 2.55. The minimum absolute atomic E-state index is 0.00477. The number of pyridine rings is 2. The third-order valence-corrected chi connectivity index (χ3v) is 10.9. The number of aromatic nitrogens is 2. The molecule has 1 aromatic carbocycles. The zero-order chi connectivity index (χ0) is 31.7. The molecule has 2 aromatic heterocycles. The number of aromatic carboxylic acids is 1. The molecule has 1 unspecified atom stereocenters. The Bertz CT molecular complexity index is 1630. The maximum absolute atomic E-state index is 13.6. The molecule has 45 heavy (non-hydrogen) atoms. The van der Waals surface area contributed by atoms with E-state index in [1.54, 1.807) is 4.90 Å². The van der Waals surface area contributed by atoms with E-state index < -0.39 is 5.97 Å². The molecular weight excluding hydrogens is 724 g/mol. The van der Waals surface area contributed by atoms with Gasteiger partial charge in [-0.15, -0.1) is 0 Å². The van der Waals surface area contributed by atoms with Gasteiger partial charge in [-0.1, -0.05) is 27.5 Å². The number of halogens is 3. The van der Waals surface area contributed by atoms with Gasteiger partial charge < -0.3 is 14.9 Å². The number of nitrogens with zero attached hydrogens (tertiary/aromatic N) is 4. The number of piperidine rings is 1. The van der Waals surface area contributed by atoms with Crippen LogP contribution in [0.5, 0.6) is 0 Å². The predicted molar refractivity (Wildman–Crippen MR) is 179 cm³/mol. The normalized spacial score (nSPS) is 20.5. The van der Waals surface area contributed by atoms with Gasteiger partial charge in [-0.3, -0.25) is 19.6 Å². The van der Waals surface area contributed by atoms with E-state index in [-0.39, 0.29) is 34.8 Å². The highest BCUT2D eigenvalue weighted by Crippen LogP contribution is 2.46. The standard InChI is InChI=1S/C34H35Br2ClN4O4/c35-26-14-23-4-3-22-15-27(37)16-28(36)30(22)31(32(23)39-19-26)21-2-1-8-40(11-7-21)29(42)12-20-5-9-41(10-6-20)33(43)24-13-25(34(44)45)18-38-17-24/h13-21,31H,1-12H2,(H,44,45)/t21?,31-/m1/s1. The lowest BCUT2D eigenvalue weighted by molar-refractivity contribution is -0.132. The minimum atomic E-state index is -1.11. The van der Waals surface area contributed by atoms with E-state index in [0.717, 1.165) is 77.7 Å². The number of carboxylic acids is 1. The molecule has 0 spiro atoms. The second-order valence-electron chi connectivity index (χ2n) is 12.4. The number of fused-ring (bicyclic) bond motifs is 2. The molecule has 1 N–H and O–H groups in total. The summed E-state index contributed by atoms with van der Waals surface area (Å²) >= 11 is 14.0. The molecule has 236 valence electrons. The number of hydrogen-bond acceptors (Lipinski definition) is 5. The third kappa shape index (κ3) is 7.13. The minimum Gasteiger partial charge on any atom is -0.478 e. The first kappa shape index (κ1) is 32.1. The van der Waals surface area contributed by atoms with Crippen molar-refractivity contribution in [3.8, 4) is 0 Å². The Morgan fingerprint density at radius 1 is 0.867 bits per heavy atom. The quantitative estimate of drug-likeness (QED) is 0.297. The number of carbonyl (C=O) groups is 3. The number of likely N-dealkylation sites (tertiary alicyclic amines) is 2. The number of amides is 2. The highest BCUT2D eigenvalue weighted by atomic mass is 79.9. The SMILES string of the molecule is O=C(O)c1cncc(C(=O)N2CCC(CC(=O)N3CCCC([C@H]4c5ncc(Br)cc5CCc5cc(Cl)cc(Br)c54)CC3)CC2)c1. The van der Waals surface area contributed by atoms with Crippen molar-refractivity contribution in [3.63, 3.8) is 0 Å². The van der Waals surface area contributed by atoms with Gasteiger partial charge >= 0.3 is 5.97 Å². The fourth-order valence-corrected chi connectivity index (χ4v) is 8.81. The molecule has 2 atom stereocenters. The summed E-state index contributed by atoms with van der Waals surface area (Å²) in [5.74, 6) is -0.455. The molecule has 0 saturated carbocycles. The van der Waals surface area contributed by atoms with Gasteiger partial charge in [0, 0.05) is 71.1 Å². The van der Waals surface area contributed by atoms with E-state index in [2.05, 4.69) is 49.0 Å². The predicted octanol–water partition coefficient (Wildman–Crippen LogP) is 7.15. The smallest absolute Gasteiger partial charge is 0.337 e. The van der Waals surface area contributed by atoms with Crippen LogP contribution in [-0.2, 0) is 17.6 Å². The van der Waals surface area contributed by atoms with Crippen molar-refractivity contribution in [2.45, 2.75) is 57.3 Å². The van der Waals surface area contributed by atoms with Gasteiger partial charge in [-0.25, -0.2) is 4.79 Å². The Morgan fingerprint density at radius 3 is 2.38 bits per heavy atom. The maximum Gasteiger partial charge on any atom is 0.337 e. The largest absolute Gasteiger partial charge is 0.478 e. The van der Waals surface area contributed by atoms with Crippen LogP contribution in [0.3, 0.4) is 0 Å². The van der Waals surface area contributed by atoms with Crippen LogP contribution in [0.25, 0.3) is 0 Å². The summed E-state index contributed by atoms with van der Waals surface area (Å²) in [5, 5.41) is 9.97. The van der Waals surface area contributed by atoms with Crippen LogP contribution < -0.4 is 0 Å². The Kier molecular flexibility index (Phi) is 9.92. The van der Waals surface area contributed by atoms with Crippen molar-refractivity contribution in [2.24, 2.45) is 11.8 Å². The first-order chi connectivity index (χ1) is 21.7. The molecule has 0 radical (unpaired) electrons. The van der Waals surface area contributed by atoms with Crippen LogP contribution in [-0.4, -0.2) is 68.8 Å². The Morgan fingerprint density at radius 2 is 1.60 bits per heavy atom. The highest BCUT2D eigenvalue weighted by Gasteiger charge is 2.36. The summed E-state index contributed by atoms with van der Waals surface area (Å²) in [4.78, 5) is 50.5.